The van der Waals surface area contributed by atoms with Gasteiger partial charge in [-0.15, -0.1) is 0 Å². The Morgan fingerprint density at radius 3 is 2.48 bits per heavy atom. The zero-order valence-corrected chi connectivity index (χ0v) is 17.3. The Morgan fingerprint density at radius 2 is 1.69 bits per heavy atom. The minimum Gasteiger partial charge on any atom is -0.207 e. The van der Waals surface area contributed by atoms with Gasteiger partial charge in [-0.3, -0.25) is 0 Å². The molecule has 0 amide bonds. The Bertz CT molecular complexity index is 898. The van der Waals surface area contributed by atoms with Gasteiger partial charge in [0.15, 0.2) is 0 Å². The predicted molar refractivity (Wildman–Crippen MR) is 115 cm³/mol. The fraction of sp³-hybridized carbons (Fsp3) is 0.481. The van der Waals surface area contributed by atoms with E-state index < -0.39 is 11.6 Å². The zero-order valence-electron chi connectivity index (χ0n) is 17.3. The van der Waals surface area contributed by atoms with Gasteiger partial charge in [0.1, 0.15) is 11.6 Å². The molecule has 0 aromatic heterocycles. The number of halogens is 2. The maximum Gasteiger partial charge on any atom is 0.127 e. The van der Waals surface area contributed by atoms with Crippen LogP contribution in [-0.2, 0) is 6.42 Å². The van der Waals surface area contributed by atoms with Crippen molar-refractivity contribution in [3.8, 4) is 11.8 Å². The number of hydrogen-bond acceptors (Lipinski definition) is 0. The maximum atomic E-state index is 13.3. The molecule has 2 aromatic rings. The maximum absolute atomic E-state index is 13.3. The van der Waals surface area contributed by atoms with Crippen LogP contribution < -0.4 is 0 Å². The van der Waals surface area contributed by atoms with E-state index in [2.05, 4.69) is 37.0 Å². The molecule has 1 fully saturated rings. The third kappa shape index (κ3) is 4.89. The lowest BCUT2D eigenvalue weighted by molar-refractivity contribution is 0.199. The fourth-order valence-electron chi connectivity index (χ4n) is 5.41. The topological polar surface area (TPSA) is 0 Å². The molecule has 2 aromatic carbocycles. The van der Waals surface area contributed by atoms with Crippen molar-refractivity contribution in [3.05, 3.63) is 70.3 Å². The molecule has 0 N–H and O–H groups in total. The van der Waals surface area contributed by atoms with Crippen molar-refractivity contribution >= 4 is 0 Å². The summed E-state index contributed by atoms with van der Waals surface area (Å²) in [6.07, 6.45) is 12.0. The van der Waals surface area contributed by atoms with Crippen molar-refractivity contribution in [1.82, 2.24) is 0 Å². The highest BCUT2D eigenvalue weighted by Crippen LogP contribution is 2.48. The van der Waals surface area contributed by atoms with Crippen LogP contribution in [0.4, 0.5) is 8.78 Å². The van der Waals surface area contributed by atoms with E-state index in [-0.39, 0.29) is 0 Å². The molecule has 0 aliphatic heterocycles. The van der Waals surface area contributed by atoms with Gasteiger partial charge in [0.2, 0.25) is 0 Å². The van der Waals surface area contributed by atoms with Gasteiger partial charge in [-0.25, -0.2) is 8.78 Å². The molecule has 3 atom stereocenters. The molecule has 0 bridgehead atoms. The average Bonchev–Trinajstić information content (AvgIpc) is 2.71. The van der Waals surface area contributed by atoms with Crippen LogP contribution in [0.25, 0.3) is 0 Å². The number of benzene rings is 2. The molecule has 0 radical (unpaired) electrons. The first-order valence-corrected chi connectivity index (χ1v) is 11.2. The van der Waals surface area contributed by atoms with Crippen molar-refractivity contribution in [3.63, 3.8) is 0 Å². The van der Waals surface area contributed by atoms with E-state index >= 15 is 0 Å². The summed E-state index contributed by atoms with van der Waals surface area (Å²) in [5, 5.41) is 0. The lowest BCUT2D eigenvalue weighted by Gasteiger charge is -2.40. The van der Waals surface area contributed by atoms with Gasteiger partial charge in [-0.05, 0) is 85.3 Å². The summed E-state index contributed by atoms with van der Waals surface area (Å²) in [5.41, 5.74) is 4.25. The van der Waals surface area contributed by atoms with Gasteiger partial charge in [-0.1, -0.05) is 50.5 Å². The first-order chi connectivity index (χ1) is 14.1. The first kappa shape index (κ1) is 20.1. The van der Waals surface area contributed by atoms with Crippen molar-refractivity contribution in [1.29, 1.82) is 0 Å². The molecule has 2 aliphatic rings. The van der Waals surface area contributed by atoms with Crippen LogP contribution in [0.15, 0.2) is 36.4 Å². The second kappa shape index (κ2) is 9.12. The van der Waals surface area contributed by atoms with Gasteiger partial charge >= 0.3 is 0 Å². The Kier molecular flexibility index (Phi) is 6.34. The summed E-state index contributed by atoms with van der Waals surface area (Å²) in [6.45, 7) is 2.28. The SMILES string of the molecule is CCCCC[C@@H]1CC[C@@H]2c3ccc(C#Cc4cc(F)cc(F)c4)cc3CC[C@@H]2C1. The first-order valence-electron chi connectivity index (χ1n) is 11.2. The summed E-state index contributed by atoms with van der Waals surface area (Å²) in [4.78, 5) is 0. The Balaban J connectivity index is 1.46. The minimum absolute atomic E-state index is 0.377. The highest BCUT2D eigenvalue weighted by Gasteiger charge is 2.34. The van der Waals surface area contributed by atoms with Crippen molar-refractivity contribution < 1.29 is 8.78 Å². The molecular weight excluding hydrogens is 362 g/mol. The predicted octanol–water partition coefficient (Wildman–Crippen LogP) is 7.39. The van der Waals surface area contributed by atoms with E-state index in [1.54, 1.807) is 0 Å². The number of fused-ring (bicyclic) bond motifs is 3. The van der Waals surface area contributed by atoms with Crippen LogP contribution in [0.1, 0.15) is 86.5 Å². The van der Waals surface area contributed by atoms with Gasteiger partial charge in [-0.2, -0.15) is 0 Å². The number of hydrogen-bond donors (Lipinski definition) is 0. The summed E-state index contributed by atoms with van der Waals surface area (Å²) in [5.74, 6) is 7.30. The monoisotopic (exact) mass is 392 g/mol. The Morgan fingerprint density at radius 1 is 0.897 bits per heavy atom. The van der Waals surface area contributed by atoms with Crippen LogP contribution in [0.2, 0.25) is 0 Å². The van der Waals surface area contributed by atoms with E-state index in [9.17, 15) is 8.78 Å². The molecule has 2 heteroatoms. The summed E-state index contributed by atoms with van der Waals surface area (Å²) >= 11 is 0. The normalized spacial score (nSPS) is 22.9. The number of rotatable bonds is 4. The summed E-state index contributed by atoms with van der Waals surface area (Å²) < 4.78 is 26.7. The largest absolute Gasteiger partial charge is 0.207 e. The van der Waals surface area contributed by atoms with Crippen LogP contribution in [0.5, 0.6) is 0 Å². The highest BCUT2D eigenvalue weighted by molar-refractivity contribution is 5.47. The molecule has 0 heterocycles. The molecule has 4 rings (SSSR count). The van der Waals surface area contributed by atoms with E-state index in [4.69, 9.17) is 0 Å². The minimum atomic E-state index is -0.587. The van der Waals surface area contributed by atoms with E-state index in [1.165, 1.54) is 74.6 Å². The molecule has 0 spiro atoms. The van der Waals surface area contributed by atoms with Crippen molar-refractivity contribution in [2.75, 3.05) is 0 Å². The van der Waals surface area contributed by atoms with Crippen LogP contribution >= 0.6 is 0 Å². The van der Waals surface area contributed by atoms with Gasteiger partial charge in [0, 0.05) is 17.2 Å². The molecular formula is C27H30F2. The lowest BCUT2D eigenvalue weighted by Crippen LogP contribution is -2.28. The molecule has 2 aliphatic carbocycles. The smallest absolute Gasteiger partial charge is 0.127 e. The van der Waals surface area contributed by atoms with Gasteiger partial charge in [0.25, 0.3) is 0 Å². The fourth-order valence-corrected chi connectivity index (χ4v) is 5.41. The molecule has 0 nitrogen and oxygen atoms in total. The van der Waals surface area contributed by atoms with Crippen molar-refractivity contribution in [2.24, 2.45) is 11.8 Å². The summed E-state index contributed by atoms with van der Waals surface area (Å²) in [6, 6.07) is 9.97. The van der Waals surface area contributed by atoms with E-state index in [0.29, 0.717) is 11.5 Å². The van der Waals surface area contributed by atoms with E-state index in [0.717, 1.165) is 29.9 Å². The second-order valence-electron chi connectivity index (χ2n) is 8.90. The Hall–Kier alpha value is -2.14. The third-order valence-corrected chi connectivity index (χ3v) is 6.85. The van der Waals surface area contributed by atoms with Crippen molar-refractivity contribution in [2.45, 2.75) is 70.6 Å². The Labute approximate surface area is 173 Å². The standard InChI is InChI=1S/C27H30F2/c1-2-3-4-5-19-8-12-26-22(14-19)10-11-23-15-20(9-13-27(23)26)6-7-21-16-24(28)18-25(29)17-21/h9,13,15-19,22,26H,2-5,8,10-12,14H2,1H3/t19-,22-,26+/m1/s1. The van der Waals surface area contributed by atoms with Crippen LogP contribution in [-0.4, -0.2) is 0 Å². The summed E-state index contributed by atoms with van der Waals surface area (Å²) in [7, 11) is 0. The molecule has 29 heavy (non-hydrogen) atoms. The highest BCUT2D eigenvalue weighted by atomic mass is 19.1. The molecule has 1 saturated carbocycles. The molecule has 152 valence electrons. The van der Waals surface area contributed by atoms with Crippen LogP contribution in [0.3, 0.4) is 0 Å². The third-order valence-electron chi connectivity index (χ3n) is 6.85. The molecule has 0 saturated heterocycles. The zero-order chi connectivity index (χ0) is 20.2. The van der Waals surface area contributed by atoms with Gasteiger partial charge in [0.05, 0.1) is 0 Å². The quantitative estimate of drug-likeness (QED) is 0.376. The number of unbranched alkanes of at least 4 members (excludes halogenated alkanes) is 2. The van der Waals surface area contributed by atoms with Crippen LogP contribution in [0, 0.1) is 35.3 Å². The van der Waals surface area contributed by atoms with E-state index in [1.807, 2.05) is 0 Å². The average molecular weight is 393 g/mol. The number of aryl methyl sites for hydroxylation is 1. The lowest BCUT2D eigenvalue weighted by atomic mass is 9.64. The van der Waals surface area contributed by atoms with Gasteiger partial charge < -0.3 is 0 Å². The molecule has 0 unspecified atom stereocenters. The second-order valence-corrected chi connectivity index (χ2v) is 8.90.